The molecule has 132 valence electrons. The van der Waals surface area contributed by atoms with Crippen LogP contribution in [-0.2, 0) is 18.3 Å². The molecule has 6 nitrogen and oxygen atoms in total. The normalized spacial score (nSPS) is 17.3. The van der Waals surface area contributed by atoms with Crippen LogP contribution in [0.1, 0.15) is 29.5 Å². The average Bonchev–Trinajstić information content (AvgIpc) is 3.27. The summed E-state index contributed by atoms with van der Waals surface area (Å²) in [4.78, 5) is 9.32. The van der Waals surface area contributed by atoms with Crippen molar-refractivity contribution in [2.45, 2.75) is 25.5 Å². The minimum absolute atomic E-state index is 0.157. The maximum Gasteiger partial charge on any atom is 0.223 e. The van der Waals surface area contributed by atoms with E-state index in [0.717, 1.165) is 53.8 Å². The van der Waals surface area contributed by atoms with Crippen LogP contribution in [0.2, 0.25) is 0 Å². The molecule has 0 amide bonds. The molecule has 0 spiro atoms. The Morgan fingerprint density at radius 1 is 1.19 bits per heavy atom. The third-order valence-corrected chi connectivity index (χ3v) is 5.12. The Balaban J connectivity index is 1.54. The maximum atomic E-state index is 6.26. The molecule has 2 aliphatic rings. The van der Waals surface area contributed by atoms with Crippen molar-refractivity contribution in [3.63, 3.8) is 0 Å². The first-order valence-corrected chi connectivity index (χ1v) is 8.99. The highest BCUT2D eigenvalue weighted by atomic mass is 16.5. The number of ether oxygens (including phenoxy) is 2. The molecule has 0 unspecified atom stereocenters. The molecule has 2 aromatic heterocycles. The Morgan fingerprint density at radius 2 is 2.08 bits per heavy atom. The smallest absolute Gasteiger partial charge is 0.223 e. The van der Waals surface area contributed by atoms with Gasteiger partial charge in [-0.25, -0.2) is 4.98 Å². The van der Waals surface area contributed by atoms with Crippen molar-refractivity contribution >= 4 is 16.6 Å². The first-order valence-electron chi connectivity index (χ1n) is 8.99. The van der Waals surface area contributed by atoms with Gasteiger partial charge in [0.05, 0.1) is 42.7 Å². The highest BCUT2D eigenvalue weighted by Crippen LogP contribution is 2.31. The third-order valence-electron chi connectivity index (χ3n) is 5.12. The summed E-state index contributed by atoms with van der Waals surface area (Å²) in [6.07, 6.45) is 5.66. The zero-order valence-electron chi connectivity index (χ0n) is 14.7. The van der Waals surface area contributed by atoms with Gasteiger partial charge < -0.3 is 9.47 Å². The zero-order valence-corrected chi connectivity index (χ0v) is 14.7. The summed E-state index contributed by atoms with van der Waals surface area (Å²) in [6.45, 7) is 2.16. The van der Waals surface area contributed by atoms with Gasteiger partial charge in [0.1, 0.15) is 6.10 Å². The predicted octanol–water partition coefficient (Wildman–Crippen LogP) is 2.88. The van der Waals surface area contributed by atoms with Crippen LogP contribution in [-0.4, -0.2) is 39.8 Å². The van der Waals surface area contributed by atoms with Crippen LogP contribution in [0.3, 0.4) is 0 Å². The number of nitrogens with zero attached hydrogens (tertiary/aromatic N) is 4. The molecule has 1 fully saturated rings. The van der Waals surface area contributed by atoms with Crippen LogP contribution in [0.15, 0.2) is 41.7 Å². The van der Waals surface area contributed by atoms with E-state index >= 15 is 0 Å². The van der Waals surface area contributed by atoms with Gasteiger partial charge in [-0.2, -0.15) is 5.10 Å². The lowest BCUT2D eigenvalue weighted by Gasteiger charge is -2.24. The lowest BCUT2D eigenvalue weighted by molar-refractivity contribution is 0.0236. The summed E-state index contributed by atoms with van der Waals surface area (Å²) >= 11 is 0. The maximum absolute atomic E-state index is 6.26. The van der Waals surface area contributed by atoms with Gasteiger partial charge in [0.2, 0.25) is 5.88 Å². The molecule has 0 bridgehead atoms. The van der Waals surface area contributed by atoms with E-state index in [2.05, 4.69) is 28.3 Å². The molecule has 26 heavy (non-hydrogen) atoms. The number of hydrogen-bond donors (Lipinski definition) is 0. The second-order valence-corrected chi connectivity index (χ2v) is 6.79. The number of rotatable bonds is 3. The Bertz CT molecular complexity index is 1000. The highest BCUT2D eigenvalue weighted by Gasteiger charge is 2.26. The molecule has 3 aromatic rings. The zero-order chi connectivity index (χ0) is 17.5. The number of fused-ring (bicyclic) bond motifs is 2. The molecule has 0 aliphatic carbocycles. The van der Waals surface area contributed by atoms with E-state index in [-0.39, 0.29) is 6.10 Å². The SMILES string of the molecule is Cn1ncc2ccc(C3=NCc4ccnc(OC5CCOCC5)c43)cc21. The molecule has 0 saturated carbocycles. The van der Waals surface area contributed by atoms with Gasteiger partial charge in [0, 0.05) is 37.0 Å². The van der Waals surface area contributed by atoms with Crippen LogP contribution in [0.5, 0.6) is 5.88 Å². The van der Waals surface area contributed by atoms with Gasteiger partial charge >= 0.3 is 0 Å². The lowest BCUT2D eigenvalue weighted by atomic mass is 10.0. The molecule has 0 atom stereocenters. The van der Waals surface area contributed by atoms with Gasteiger partial charge in [0.15, 0.2) is 0 Å². The minimum atomic E-state index is 0.157. The lowest BCUT2D eigenvalue weighted by Crippen LogP contribution is -2.27. The Labute approximate surface area is 151 Å². The number of aromatic nitrogens is 3. The summed E-state index contributed by atoms with van der Waals surface area (Å²) < 4.78 is 13.6. The second kappa shape index (κ2) is 6.21. The third kappa shape index (κ3) is 2.57. The molecule has 5 rings (SSSR count). The van der Waals surface area contributed by atoms with Crippen LogP contribution < -0.4 is 4.74 Å². The van der Waals surface area contributed by atoms with Crippen molar-refractivity contribution in [3.8, 4) is 5.88 Å². The standard InChI is InChI=1S/C20H20N4O2/c1-24-17-10-13(2-3-14(17)12-23-24)19-18-15(11-22-19)4-7-21-20(18)26-16-5-8-25-9-6-16/h2-4,7,10,12,16H,5-6,8-9,11H2,1H3. The molecule has 1 saturated heterocycles. The topological polar surface area (TPSA) is 61.5 Å². The Morgan fingerprint density at radius 3 is 2.96 bits per heavy atom. The summed E-state index contributed by atoms with van der Waals surface area (Å²) in [6, 6.07) is 8.36. The molecular weight excluding hydrogens is 328 g/mol. The van der Waals surface area contributed by atoms with Gasteiger partial charge in [-0.3, -0.25) is 9.67 Å². The van der Waals surface area contributed by atoms with Crippen molar-refractivity contribution in [2.24, 2.45) is 12.0 Å². The summed E-state index contributed by atoms with van der Waals surface area (Å²) in [5.41, 5.74) is 5.32. The number of aliphatic imine (C=N–C) groups is 1. The van der Waals surface area contributed by atoms with E-state index in [4.69, 9.17) is 14.5 Å². The minimum Gasteiger partial charge on any atom is -0.474 e. The molecular formula is C20H20N4O2. The van der Waals surface area contributed by atoms with E-state index in [0.29, 0.717) is 12.4 Å². The average molecular weight is 348 g/mol. The van der Waals surface area contributed by atoms with Crippen LogP contribution in [0.4, 0.5) is 0 Å². The van der Waals surface area contributed by atoms with E-state index in [1.807, 2.05) is 30.2 Å². The van der Waals surface area contributed by atoms with Crippen molar-refractivity contribution < 1.29 is 9.47 Å². The summed E-state index contributed by atoms with van der Waals surface area (Å²) in [7, 11) is 1.96. The first kappa shape index (κ1) is 15.5. The largest absolute Gasteiger partial charge is 0.474 e. The van der Waals surface area contributed by atoms with Gasteiger partial charge in [-0.05, 0) is 17.7 Å². The number of pyridine rings is 1. The van der Waals surface area contributed by atoms with Crippen molar-refractivity contribution in [3.05, 3.63) is 53.3 Å². The second-order valence-electron chi connectivity index (χ2n) is 6.79. The molecule has 0 N–H and O–H groups in total. The van der Waals surface area contributed by atoms with Gasteiger partial charge in [-0.1, -0.05) is 12.1 Å². The monoisotopic (exact) mass is 348 g/mol. The Kier molecular flexibility index (Phi) is 3.71. The fourth-order valence-corrected chi connectivity index (χ4v) is 3.68. The van der Waals surface area contributed by atoms with Crippen molar-refractivity contribution in [1.82, 2.24) is 14.8 Å². The predicted molar refractivity (Wildman–Crippen MR) is 98.8 cm³/mol. The first-order chi connectivity index (χ1) is 12.8. The quantitative estimate of drug-likeness (QED) is 0.730. The summed E-state index contributed by atoms with van der Waals surface area (Å²) in [5, 5.41) is 5.46. The van der Waals surface area contributed by atoms with Crippen LogP contribution in [0, 0.1) is 0 Å². The molecule has 6 heteroatoms. The molecule has 1 aromatic carbocycles. The number of hydrogen-bond acceptors (Lipinski definition) is 5. The Hall–Kier alpha value is -2.73. The van der Waals surface area contributed by atoms with Crippen molar-refractivity contribution in [2.75, 3.05) is 13.2 Å². The fraction of sp³-hybridized carbons (Fsp3) is 0.350. The van der Waals surface area contributed by atoms with E-state index < -0.39 is 0 Å². The van der Waals surface area contributed by atoms with Crippen LogP contribution in [0.25, 0.3) is 10.9 Å². The van der Waals surface area contributed by atoms with Crippen molar-refractivity contribution in [1.29, 1.82) is 0 Å². The number of benzene rings is 1. The van der Waals surface area contributed by atoms with E-state index in [1.165, 1.54) is 5.56 Å². The summed E-state index contributed by atoms with van der Waals surface area (Å²) in [5.74, 6) is 0.691. The molecule has 4 heterocycles. The molecule has 0 radical (unpaired) electrons. The van der Waals surface area contributed by atoms with Gasteiger partial charge in [-0.15, -0.1) is 0 Å². The van der Waals surface area contributed by atoms with Crippen LogP contribution >= 0.6 is 0 Å². The van der Waals surface area contributed by atoms with E-state index in [1.54, 1.807) is 0 Å². The van der Waals surface area contributed by atoms with E-state index in [9.17, 15) is 0 Å². The van der Waals surface area contributed by atoms with Gasteiger partial charge in [0.25, 0.3) is 0 Å². The fourth-order valence-electron chi connectivity index (χ4n) is 3.68. The molecule has 2 aliphatic heterocycles. The number of aryl methyl sites for hydroxylation is 1. The highest BCUT2D eigenvalue weighted by molar-refractivity contribution is 6.17.